The van der Waals surface area contributed by atoms with Gasteiger partial charge in [-0.25, -0.2) is 4.98 Å². The third-order valence-corrected chi connectivity index (χ3v) is 4.26. The maximum absolute atomic E-state index is 9.60. The van der Waals surface area contributed by atoms with Gasteiger partial charge in [0, 0.05) is 21.8 Å². The fraction of sp³-hybridized carbons (Fsp3) is 0.368. The summed E-state index contributed by atoms with van der Waals surface area (Å²) in [6, 6.07) is 9.83. The quantitative estimate of drug-likeness (QED) is 0.797. The number of nitrogens with two attached hydrogens (primary N) is 1. The van der Waals surface area contributed by atoms with Crippen molar-refractivity contribution in [1.29, 1.82) is 5.26 Å². The average molecular weight is 328 g/mol. The summed E-state index contributed by atoms with van der Waals surface area (Å²) in [5.41, 5.74) is 10.3. The van der Waals surface area contributed by atoms with Gasteiger partial charge >= 0.3 is 0 Å². The average Bonchev–Trinajstić information content (AvgIpc) is 2.55. The van der Waals surface area contributed by atoms with Gasteiger partial charge in [0.25, 0.3) is 0 Å². The molecule has 0 saturated heterocycles. The van der Waals surface area contributed by atoms with Crippen LogP contribution in [0.1, 0.15) is 49.9 Å². The van der Waals surface area contributed by atoms with E-state index in [1.807, 2.05) is 24.3 Å². The Bertz CT molecular complexity index is 732. The zero-order valence-corrected chi connectivity index (χ0v) is 14.5. The van der Waals surface area contributed by atoms with Gasteiger partial charge in [0.2, 0.25) is 0 Å². The minimum atomic E-state index is 0.299. The van der Waals surface area contributed by atoms with Gasteiger partial charge in [0.05, 0.1) is 0 Å². The summed E-state index contributed by atoms with van der Waals surface area (Å²) in [7, 11) is 0. The number of nitrogens with zero attached hydrogens (tertiary/aromatic N) is 2. The molecule has 0 fully saturated rings. The Morgan fingerprint density at radius 2 is 1.91 bits per heavy atom. The van der Waals surface area contributed by atoms with Gasteiger partial charge in [-0.2, -0.15) is 5.26 Å². The monoisotopic (exact) mass is 327 g/mol. The van der Waals surface area contributed by atoms with E-state index in [0.717, 1.165) is 54.5 Å². The lowest BCUT2D eigenvalue weighted by molar-refractivity contribution is 0.760. The van der Waals surface area contributed by atoms with Crippen LogP contribution in [0.2, 0.25) is 5.02 Å². The van der Waals surface area contributed by atoms with Crippen molar-refractivity contribution in [3.05, 3.63) is 46.1 Å². The maximum Gasteiger partial charge on any atom is 0.142 e. The summed E-state index contributed by atoms with van der Waals surface area (Å²) in [5.74, 6) is 0.299. The topological polar surface area (TPSA) is 62.7 Å². The number of benzene rings is 1. The van der Waals surface area contributed by atoms with Crippen LogP contribution in [0.5, 0.6) is 0 Å². The molecule has 0 unspecified atom stereocenters. The molecule has 0 amide bonds. The van der Waals surface area contributed by atoms with Crippen molar-refractivity contribution >= 4 is 17.4 Å². The molecule has 1 heterocycles. The van der Waals surface area contributed by atoms with E-state index in [0.29, 0.717) is 16.4 Å². The molecule has 1 aromatic carbocycles. The minimum absolute atomic E-state index is 0.299. The molecule has 2 rings (SSSR count). The van der Waals surface area contributed by atoms with Crippen LogP contribution in [-0.4, -0.2) is 4.98 Å². The lowest BCUT2D eigenvalue weighted by Gasteiger charge is -2.18. The number of unbranched alkanes of at least 4 members (excludes halogenated alkanes) is 1. The highest BCUT2D eigenvalue weighted by Crippen LogP contribution is 2.37. The molecule has 1 aromatic heterocycles. The lowest BCUT2D eigenvalue weighted by atomic mass is 9.90. The van der Waals surface area contributed by atoms with E-state index in [9.17, 15) is 5.26 Å². The Hall–Kier alpha value is -2.05. The van der Waals surface area contributed by atoms with Crippen LogP contribution in [0, 0.1) is 11.3 Å². The molecule has 0 bridgehead atoms. The molecule has 0 aliphatic rings. The number of rotatable bonds is 6. The van der Waals surface area contributed by atoms with E-state index in [4.69, 9.17) is 17.3 Å². The SMILES string of the molecule is CCCCc1nc(N)c(C#N)c(-c2ccccc2Cl)c1CCC. The predicted molar refractivity (Wildman–Crippen MR) is 96.4 cm³/mol. The number of nitrogen functional groups attached to an aromatic ring is 1. The molecular weight excluding hydrogens is 306 g/mol. The molecule has 0 atom stereocenters. The number of nitriles is 1. The molecule has 0 radical (unpaired) electrons. The van der Waals surface area contributed by atoms with E-state index >= 15 is 0 Å². The molecule has 2 aromatic rings. The Morgan fingerprint density at radius 3 is 2.52 bits per heavy atom. The van der Waals surface area contributed by atoms with Gasteiger partial charge in [-0.05, 0) is 30.9 Å². The van der Waals surface area contributed by atoms with Gasteiger partial charge in [-0.1, -0.05) is 56.5 Å². The third-order valence-electron chi connectivity index (χ3n) is 3.93. The molecule has 2 N–H and O–H groups in total. The van der Waals surface area contributed by atoms with Gasteiger partial charge < -0.3 is 5.73 Å². The number of hydrogen-bond donors (Lipinski definition) is 1. The third kappa shape index (κ3) is 3.65. The Kier molecular flexibility index (Phi) is 6.01. The highest BCUT2D eigenvalue weighted by molar-refractivity contribution is 6.33. The van der Waals surface area contributed by atoms with Crippen molar-refractivity contribution in [2.45, 2.75) is 46.0 Å². The second kappa shape index (κ2) is 7.99. The van der Waals surface area contributed by atoms with E-state index in [1.165, 1.54) is 0 Å². The van der Waals surface area contributed by atoms with Crippen molar-refractivity contribution in [2.75, 3.05) is 5.73 Å². The van der Waals surface area contributed by atoms with Crippen LogP contribution in [-0.2, 0) is 12.8 Å². The maximum atomic E-state index is 9.60. The molecule has 4 heteroatoms. The van der Waals surface area contributed by atoms with Gasteiger partial charge in [0.1, 0.15) is 17.5 Å². The first-order valence-electron chi connectivity index (χ1n) is 8.10. The van der Waals surface area contributed by atoms with E-state index in [2.05, 4.69) is 24.9 Å². The predicted octanol–water partition coefficient (Wildman–Crippen LogP) is 5.15. The lowest BCUT2D eigenvalue weighted by Crippen LogP contribution is -2.08. The summed E-state index contributed by atoms with van der Waals surface area (Å²) in [6.07, 6.45) is 4.86. The van der Waals surface area contributed by atoms with E-state index < -0.39 is 0 Å². The van der Waals surface area contributed by atoms with Crippen LogP contribution in [0.25, 0.3) is 11.1 Å². The smallest absolute Gasteiger partial charge is 0.142 e. The second-order valence-corrected chi connectivity index (χ2v) is 6.02. The number of hydrogen-bond acceptors (Lipinski definition) is 3. The number of pyridine rings is 1. The molecule has 0 aliphatic carbocycles. The molecule has 23 heavy (non-hydrogen) atoms. The first-order chi connectivity index (χ1) is 11.1. The number of halogens is 1. The van der Waals surface area contributed by atoms with Crippen molar-refractivity contribution < 1.29 is 0 Å². The first kappa shape index (κ1) is 17.3. The highest BCUT2D eigenvalue weighted by atomic mass is 35.5. The Morgan fingerprint density at radius 1 is 1.17 bits per heavy atom. The molecule has 0 spiro atoms. The van der Waals surface area contributed by atoms with Crippen LogP contribution < -0.4 is 5.73 Å². The fourth-order valence-corrected chi connectivity index (χ4v) is 3.07. The number of anilines is 1. The summed E-state index contributed by atoms with van der Waals surface area (Å²) in [5, 5.41) is 10.2. The van der Waals surface area contributed by atoms with E-state index in [1.54, 1.807) is 0 Å². The van der Waals surface area contributed by atoms with Crippen LogP contribution in [0.3, 0.4) is 0 Å². The van der Waals surface area contributed by atoms with Crippen LogP contribution >= 0.6 is 11.6 Å². The normalized spacial score (nSPS) is 10.5. The molecular formula is C19H22ClN3. The first-order valence-corrected chi connectivity index (χ1v) is 8.48. The number of aryl methyl sites for hydroxylation is 1. The van der Waals surface area contributed by atoms with E-state index in [-0.39, 0.29) is 0 Å². The van der Waals surface area contributed by atoms with Crippen molar-refractivity contribution in [3.63, 3.8) is 0 Å². The van der Waals surface area contributed by atoms with Gasteiger partial charge in [-0.15, -0.1) is 0 Å². The highest BCUT2D eigenvalue weighted by Gasteiger charge is 2.20. The molecule has 3 nitrogen and oxygen atoms in total. The van der Waals surface area contributed by atoms with Crippen LogP contribution in [0.4, 0.5) is 5.82 Å². The summed E-state index contributed by atoms with van der Waals surface area (Å²) < 4.78 is 0. The zero-order chi connectivity index (χ0) is 16.8. The standard InChI is InChI=1S/C19H22ClN3/c1-3-5-11-17-14(8-4-2)18(15(12-21)19(22)23-17)13-9-6-7-10-16(13)20/h6-7,9-10H,3-5,8,11H2,1-2H3,(H2,22,23). The Balaban J connectivity index is 2.77. The van der Waals surface area contributed by atoms with Crippen molar-refractivity contribution in [3.8, 4) is 17.2 Å². The molecule has 0 aliphatic heterocycles. The fourth-order valence-electron chi connectivity index (χ4n) is 2.84. The summed E-state index contributed by atoms with van der Waals surface area (Å²) in [4.78, 5) is 4.53. The van der Waals surface area contributed by atoms with Crippen molar-refractivity contribution in [2.24, 2.45) is 0 Å². The van der Waals surface area contributed by atoms with Crippen LogP contribution in [0.15, 0.2) is 24.3 Å². The summed E-state index contributed by atoms with van der Waals surface area (Å²) >= 11 is 6.40. The van der Waals surface area contributed by atoms with Gasteiger partial charge in [0.15, 0.2) is 0 Å². The molecule has 0 saturated carbocycles. The van der Waals surface area contributed by atoms with Gasteiger partial charge in [-0.3, -0.25) is 0 Å². The second-order valence-electron chi connectivity index (χ2n) is 5.62. The minimum Gasteiger partial charge on any atom is -0.383 e. The molecule has 120 valence electrons. The summed E-state index contributed by atoms with van der Waals surface area (Å²) in [6.45, 7) is 4.28. The Labute approximate surface area is 143 Å². The largest absolute Gasteiger partial charge is 0.383 e. The van der Waals surface area contributed by atoms with Crippen molar-refractivity contribution in [1.82, 2.24) is 4.98 Å². The number of aromatic nitrogens is 1. The zero-order valence-electron chi connectivity index (χ0n) is 13.7.